The standard InChI is InChI=1S/C28H25N3O5/c1-35-16-24(32)31-13-12-18-14-20(9-11-23(18)31)29-26(17-6-4-3-5-7-17)25-21-10-8-19(28(34)36-2)15-22(21)30-27(25)33/h3-11,14-15,29H,12-13,16H2,1-2H3,(H,30,33)/b26-25-. The van der Waals surface area contributed by atoms with Crippen LogP contribution in [-0.4, -0.2) is 45.2 Å². The quantitative estimate of drug-likeness (QED) is 0.407. The Morgan fingerprint density at radius 1 is 1.00 bits per heavy atom. The van der Waals surface area contributed by atoms with Crippen molar-refractivity contribution in [1.82, 2.24) is 0 Å². The largest absolute Gasteiger partial charge is 0.465 e. The van der Waals surface area contributed by atoms with Gasteiger partial charge in [-0.1, -0.05) is 36.4 Å². The molecule has 8 heteroatoms. The molecule has 2 aliphatic rings. The lowest BCUT2D eigenvalue weighted by Crippen LogP contribution is -2.31. The van der Waals surface area contributed by atoms with Gasteiger partial charge in [-0.3, -0.25) is 9.59 Å². The second kappa shape index (κ2) is 9.67. The molecule has 182 valence electrons. The maximum atomic E-state index is 13.2. The van der Waals surface area contributed by atoms with Crippen molar-refractivity contribution in [3.63, 3.8) is 0 Å². The Morgan fingerprint density at radius 3 is 2.56 bits per heavy atom. The van der Waals surface area contributed by atoms with Crippen molar-refractivity contribution in [3.05, 3.63) is 89.0 Å². The molecule has 0 atom stereocenters. The summed E-state index contributed by atoms with van der Waals surface area (Å²) in [6, 6.07) is 20.4. The molecule has 0 bridgehead atoms. The fraction of sp³-hybridized carbons (Fsp3) is 0.179. The summed E-state index contributed by atoms with van der Waals surface area (Å²) < 4.78 is 9.82. The molecule has 36 heavy (non-hydrogen) atoms. The van der Waals surface area contributed by atoms with E-state index in [1.807, 2.05) is 48.5 Å². The normalized spacial score (nSPS) is 15.2. The van der Waals surface area contributed by atoms with E-state index in [2.05, 4.69) is 10.6 Å². The summed E-state index contributed by atoms with van der Waals surface area (Å²) >= 11 is 0. The molecule has 2 N–H and O–H groups in total. The van der Waals surface area contributed by atoms with Crippen LogP contribution in [0.5, 0.6) is 0 Å². The van der Waals surface area contributed by atoms with Gasteiger partial charge in [0.15, 0.2) is 0 Å². The number of ether oxygens (including phenoxy) is 2. The lowest BCUT2D eigenvalue weighted by molar-refractivity contribution is -0.122. The van der Waals surface area contributed by atoms with Crippen LogP contribution in [0.4, 0.5) is 17.1 Å². The van der Waals surface area contributed by atoms with E-state index in [-0.39, 0.29) is 18.4 Å². The first-order chi connectivity index (χ1) is 17.5. The Hall–Kier alpha value is -4.43. The zero-order valence-corrected chi connectivity index (χ0v) is 20.0. The molecule has 2 heterocycles. The first-order valence-corrected chi connectivity index (χ1v) is 11.5. The fourth-order valence-electron chi connectivity index (χ4n) is 4.63. The molecule has 5 rings (SSSR count). The van der Waals surface area contributed by atoms with Crippen LogP contribution in [0.15, 0.2) is 66.7 Å². The molecule has 0 spiro atoms. The number of nitrogens with zero attached hydrogens (tertiary/aromatic N) is 1. The van der Waals surface area contributed by atoms with Gasteiger partial charge in [-0.2, -0.15) is 0 Å². The van der Waals surface area contributed by atoms with Crippen LogP contribution >= 0.6 is 0 Å². The van der Waals surface area contributed by atoms with E-state index in [1.54, 1.807) is 23.1 Å². The number of rotatable bonds is 6. The third-order valence-electron chi connectivity index (χ3n) is 6.31. The summed E-state index contributed by atoms with van der Waals surface area (Å²) in [4.78, 5) is 39.3. The average molecular weight is 484 g/mol. The zero-order chi connectivity index (χ0) is 25.2. The molecule has 0 saturated carbocycles. The van der Waals surface area contributed by atoms with Gasteiger partial charge in [-0.05, 0) is 47.9 Å². The predicted octanol–water partition coefficient (Wildman–Crippen LogP) is 3.94. The molecule has 3 aromatic carbocycles. The molecule has 3 aromatic rings. The second-order valence-electron chi connectivity index (χ2n) is 8.52. The fourth-order valence-corrected chi connectivity index (χ4v) is 4.63. The van der Waals surface area contributed by atoms with Gasteiger partial charge < -0.3 is 25.0 Å². The maximum absolute atomic E-state index is 13.2. The van der Waals surface area contributed by atoms with Gasteiger partial charge in [0.25, 0.3) is 11.8 Å². The Morgan fingerprint density at radius 2 is 1.81 bits per heavy atom. The smallest absolute Gasteiger partial charge is 0.337 e. The minimum Gasteiger partial charge on any atom is -0.465 e. The molecule has 0 unspecified atom stereocenters. The number of methoxy groups -OCH3 is 2. The van der Waals surface area contributed by atoms with Crippen LogP contribution < -0.4 is 15.5 Å². The van der Waals surface area contributed by atoms with Gasteiger partial charge >= 0.3 is 5.97 Å². The number of fused-ring (bicyclic) bond motifs is 2. The van der Waals surface area contributed by atoms with Crippen LogP contribution in [0.3, 0.4) is 0 Å². The third-order valence-corrected chi connectivity index (χ3v) is 6.31. The number of carbonyl (C=O) groups excluding carboxylic acids is 3. The van der Waals surface area contributed by atoms with E-state index in [0.717, 1.165) is 28.9 Å². The first kappa shape index (κ1) is 23.3. The van der Waals surface area contributed by atoms with Gasteiger partial charge in [-0.15, -0.1) is 0 Å². The van der Waals surface area contributed by atoms with Crippen molar-refractivity contribution in [3.8, 4) is 0 Å². The Kier molecular flexibility index (Phi) is 6.26. The SMILES string of the molecule is COCC(=O)N1CCc2cc(N/C(=C3\C(=O)Nc4cc(C(=O)OC)ccc43)c3ccccc3)ccc21. The Labute approximate surface area is 208 Å². The lowest BCUT2D eigenvalue weighted by atomic mass is 9.99. The summed E-state index contributed by atoms with van der Waals surface area (Å²) in [6.45, 7) is 0.641. The van der Waals surface area contributed by atoms with E-state index >= 15 is 0 Å². The molecule has 0 aromatic heterocycles. The monoisotopic (exact) mass is 483 g/mol. The number of anilines is 3. The molecule has 0 aliphatic carbocycles. The van der Waals surface area contributed by atoms with Crippen molar-refractivity contribution < 1.29 is 23.9 Å². The van der Waals surface area contributed by atoms with Crippen LogP contribution in [0.25, 0.3) is 11.3 Å². The molecule has 0 radical (unpaired) electrons. The van der Waals surface area contributed by atoms with Gasteiger partial charge in [0.2, 0.25) is 0 Å². The number of nitrogens with one attached hydrogen (secondary N) is 2. The third kappa shape index (κ3) is 4.23. The Balaban J connectivity index is 1.55. The molecule has 8 nitrogen and oxygen atoms in total. The minimum atomic E-state index is -0.470. The van der Waals surface area contributed by atoms with Crippen molar-refractivity contribution in [2.75, 3.05) is 42.9 Å². The number of hydrogen-bond acceptors (Lipinski definition) is 6. The number of hydrogen-bond donors (Lipinski definition) is 2. The lowest BCUT2D eigenvalue weighted by Gasteiger charge is -2.18. The maximum Gasteiger partial charge on any atom is 0.337 e. The van der Waals surface area contributed by atoms with E-state index in [9.17, 15) is 14.4 Å². The van der Waals surface area contributed by atoms with Crippen molar-refractivity contribution in [2.45, 2.75) is 6.42 Å². The summed E-state index contributed by atoms with van der Waals surface area (Å²) in [5.74, 6) is -0.812. The Bertz CT molecular complexity index is 1400. The van der Waals surface area contributed by atoms with Gasteiger partial charge in [0.05, 0.1) is 29.6 Å². The van der Waals surface area contributed by atoms with Crippen LogP contribution in [0.1, 0.15) is 27.0 Å². The number of carbonyl (C=O) groups is 3. The predicted molar refractivity (Wildman–Crippen MR) is 138 cm³/mol. The van der Waals surface area contributed by atoms with Gasteiger partial charge in [0.1, 0.15) is 6.61 Å². The summed E-state index contributed by atoms with van der Waals surface area (Å²) in [5, 5.41) is 6.33. The van der Waals surface area contributed by atoms with Crippen LogP contribution in [-0.2, 0) is 25.5 Å². The molecular formula is C28H25N3O5. The van der Waals surface area contributed by atoms with Gasteiger partial charge in [-0.25, -0.2) is 4.79 Å². The summed E-state index contributed by atoms with van der Waals surface area (Å²) in [5.41, 5.74) is 6.27. The topological polar surface area (TPSA) is 97.0 Å². The molecule has 2 amide bonds. The zero-order valence-electron chi connectivity index (χ0n) is 20.0. The van der Waals surface area contributed by atoms with Crippen molar-refractivity contribution in [1.29, 1.82) is 0 Å². The average Bonchev–Trinajstić information content (AvgIpc) is 3.47. The highest BCUT2D eigenvalue weighted by Crippen LogP contribution is 2.39. The summed E-state index contributed by atoms with van der Waals surface area (Å²) in [6.07, 6.45) is 0.733. The van der Waals surface area contributed by atoms with Crippen LogP contribution in [0.2, 0.25) is 0 Å². The molecule has 0 fully saturated rings. The number of esters is 1. The number of benzene rings is 3. The van der Waals surface area contributed by atoms with Crippen LogP contribution in [0, 0.1) is 0 Å². The van der Waals surface area contributed by atoms with Crippen molar-refractivity contribution >= 4 is 46.1 Å². The highest BCUT2D eigenvalue weighted by Gasteiger charge is 2.30. The second-order valence-corrected chi connectivity index (χ2v) is 8.52. The summed E-state index contributed by atoms with van der Waals surface area (Å²) in [7, 11) is 2.83. The highest BCUT2D eigenvalue weighted by atomic mass is 16.5. The van der Waals surface area contributed by atoms with E-state index in [1.165, 1.54) is 14.2 Å². The highest BCUT2D eigenvalue weighted by molar-refractivity contribution is 6.37. The number of amides is 2. The van der Waals surface area contributed by atoms with E-state index < -0.39 is 5.97 Å². The van der Waals surface area contributed by atoms with Gasteiger partial charge in [0, 0.05) is 30.6 Å². The first-order valence-electron chi connectivity index (χ1n) is 11.5. The molecular weight excluding hydrogens is 458 g/mol. The van der Waals surface area contributed by atoms with E-state index in [0.29, 0.717) is 34.6 Å². The molecule has 2 aliphatic heterocycles. The molecule has 0 saturated heterocycles. The van der Waals surface area contributed by atoms with Crippen molar-refractivity contribution in [2.24, 2.45) is 0 Å². The van der Waals surface area contributed by atoms with E-state index in [4.69, 9.17) is 9.47 Å². The minimum absolute atomic E-state index is 0.0376.